The van der Waals surface area contributed by atoms with Crippen molar-refractivity contribution in [1.82, 2.24) is 10.3 Å². The maximum Gasteiger partial charge on any atom is 0.433 e. The average molecular weight is 237 g/mol. The Morgan fingerprint density at radius 3 is 2.82 bits per heavy atom. The second-order valence-electron chi connectivity index (χ2n) is 3.47. The summed E-state index contributed by atoms with van der Waals surface area (Å²) in [6.45, 7) is 2.64. The number of aryl methyl sites for hydroxylation is 1. The molecule has 17 heavy (non-hydrogen) atoms. The normalized spacial score (nSPS) is 10.6. The van der Waals surface area contributed by atoms with Gasteiger partial charge in [0.1, 0.15) is 16.4 Å². The van der Waals surface area contributed by atoms with E-state index in [1.165, 1.54) is 6.07 Å². The minimum absolute atomic E-state index is 0.256. The van der Waals surface area contributed by atoms with Crippen LogP contribution < -0.4 is 5.32 Å². The molecule has 0 aromatic carbocycles. The van der Waals surface area contributed by atoms with E-state index in [-0.39, 0.29) is 5.88 Å². The Kier molecular flexibility index (Phi) is 3.20. The van der Waals surface area contributed by atoms with Crippen molar-refractivity contribution < 1.29 is 13.8 Å². The van der Waals surface area contributed by atoms with Crippen molar-refractivity contribution in [3.8, 4) is 0 Å². The minimum Gasteiger partial charge on any atom is -0.445 e. The largest absolute Gasteiger partial charge is 0.445 e. The number of hydrogen-bond acceptors (Lipinski definition) is 6. The highest BCUT2D eigenvalue weighted by atomic mass is 16.6. The molecule has 0 radical (unpaired) electrons. The molecule has 0 atom stereocenters. The van der Waals surface area contributed by atoms with Gasteiger partial charge >= 0.3 is 5.88 Å². The van der Waals surface area contributed by atoms with Gasteiger partial charge < -0.3 is 14.2 Å². The number of oxazole rings is 1. The molecule has 0 aliphatic carbocycles. The molecule has 7 heteroatoms. The van der Waals surface area contributed by atoms with Gasteiger partial charge in [-0.2, -0.15) is 0 Å². The Balaban J connectivity index is 1.83. The van der Waals surface area contributed by atoms with Gasteiger partial charge in [-0.3, -0.25) is 10.1 Å². The van der Waals surface area contributed by atoms with Crippen molar-refractivity contribution in [1.29, 1.82) is 0 Å². The van der Waals surface area contributed by atoms with Crippen LogP contribution in [0.1, 0.15) is 17.4 Å². The van der Waals surface area contributed by atoms with Gasteiger partial charge in [0.15, 0.2) is 0 Å². The summed E-state index contributed by atoms with van der Waals surface area (Å²) in [7, 11) is 0. The van der Waals surface area contributed by atoms with Crippen LogP contribution >= 0.6 is 0 Å². The van der Waals surface area contributed by atoms with E-state index in [0.717, 1.165) is 5.76 Å². The van der Waals surface area contributed by atoms with Crippen LogP contribution in [0.2, 0.25) is 0 Å². The van der Waals surface area contributed by atoms with E-state index in [2.05, 4.69) is 10.3 Å². The molecule has 0 fully saturated rings. The molecule has 2 aromatic heterocycles. The zero-order valence-electron chi connectivity index (χ0n) is 9.17. The van der Waals surface area contributed by atoms with E-state index >= 15 is 0 Å². The number of nitrogens with zero attached hydrogens (tertiary/aromatic N) is 2. The number of aromatic nitrogens is 1. The average Bonchev–Trinajstić information content (AvgIpc) is 2.88. The lowest BCUT2D eigenvalue weighted by molar-refractivity contribution is -0.402. The molecule has 90 valence electrons. The Labute approximate surface area is 96.6 Å². The molecule has 0 spiro atoms. The summed E-state index contributed by atoms with van der Waals surface area (Å²) in [4.78, 5) is 13.8. The van der Waals surface area contributed by atoms with Crippen molar-refractivity contribution in [3.05, 3.63) is 45.9 Å². The summed E-state index contributed by atoms with van der Waals surface area (Å²) in [5.74, 6) is 1.56. The van der Waals surface area contributed by atoms with Gasteiger partial charge in [0.25, 0.3) is 0 Å². The van der Waals surface area contributed by atoms with Crippen LogP contribution in [0, 0.1) is 17.0 Å². The lowest BCUT2D eigenvalue weighted by atomic mass is 10.4. The molecule has 0 aliphatic heterocycles. The zero-order chi connectivity index (χ0) is 12.3. The van der Waals surface area contributed by atoms with Gasteiger partial charge in [0.2, 0.25) is 5.89 Å². The summed E-state index contributed by atoms with van der Waals surface area (Å²) in [6, 6.07) is 2.89. The minimum atomic E-state index is -0.569. The van der Waals surface area contributed by atoms with Crippen LogP contribution in [0.15, 0.2) is 27.2 Å². The Morgan fingerprint density at radius 1 is 1.41 bits per heavy atom. The van der Waals surface area contributed by atoms with Gasteiger partial charge in [0.05, 0.1) is 25.4 Å². The molecular formula is C10H11N3O4. The predicted octanol–water partition coefficient (Wildman–Crippen LogP) is 1.77. The Bertz CT molecular complexity index is 517. The first kappa shape index (κ1) is 11.3. The Morgan fingerprint density at radius 2 is 2.24 bits per heavy atom. The van der Waals surface area contributed by atoms with Crippen LogP contribution in [-0.4, -0.2) is 9.91 Å². The predicted molar refractivity (Wildman–Crippen MR) is 57.1 cm³/mol. The summed E-state index contributed by atoms with van der Waals surface area (Å²) >= 11 is 0. The van der Waals surface area contributed by atoms with Crippen LogP contribution in [-0.2, 0) is 13.1 Å². The van der Waals surface area contributed by atoms with E-state index in [1.807, 2.05) is 6.92 Å². The van der Waals surface area contributed by atoms with E-state index in [4.69, 9.17) is 8.83 Å². The third-order valence-corrected chi connectivity index (χ3v) is 2.07. The first-order valence-electron chi connectivity index (χ1n) is 5.00. The first-order chi connectivity index (χ1) is 8.15. The van der Waals surface area contributed by atoms with Crippen LogP contribution in [0.3, 0.4) is 0 Å². The van der Waals surface area contributed by atoms with Crippen molar-refractivity contribution in [2.45, 2.75) is 20.0 Å². The molecule has 0 saturated carbocycles. The van der Waals surface area contributed by atoms with E-state index in [0.29, 0.717) is 24.7 Å². The number of nitro groups is 1. The first-order valence-corrected chi connectivity index (χ1v) is 5.00. The Hall–Kier alpha value is -2.15. The maximum atomic E-state index is 10.4. The molecule has 7 nitrogen and oxygen atoms in total. The molecule has 0 saturated heterocycles. The molecule has 2 heterocycles. The van der Waals surface area contributed by atoms with E-state index in [1.54, 1.807) is 12.3 Å². The SMILES string of the molecule is Cc1cnc(CNCc2ccc([N+](=O)[O-])o2)o1. The number of hydrogen-bond donors (Lipinski definition) is 1. The van der Waals surface area contributed by atoms with Crippen LogP contribution in [0.4, 0.5) is 5.88 Å². The maximum absolute atomic E-state index is 10.4. The third kappa shape index (κ3) is 2.91. The van der Waals surface area contributed by atoms with Crippen LogP contribution in [0.5, 0.6) is 0 Å². The lowest BCUT2D eigenvalue weighted by Gasteiger charge is -1.97. The fourth-order valence-corrected chi connectivity index (χ4v) is 1.34. The van der Waals surface area contributed by atoms with Gasteiger partial charge in [-0.05, 0) is 13.0 Å². The molecular weight excluding hydrogens is 226 g/mol. The summed E-state index contributed by atoms with van der Waals surface area (Å²) in [6.07, 6.45) is 1.63. The molecule has 0 amide bonds. The molecule has 2 rings (SSSR count). The monoisotopic (exact) mass is 237 g/mol. The standard InChI is InChI=1S/C10H11N3O4/c1-7-4-12-9(16-7)6-11-5-8-2-3-10(17-8)13(14)15/h2-4,11H,5-6H2,1H3. The van der Waals surface area contributed by atoms with E-state index in [9.17, 15) is 10.1 Å². The molecule has 2 aromatic rings. The fourth-order valence-electron chi connectivity index (χ4n) is 1.34. The summed E-state index contributed by atoms with van der Waals surface area (Å²) in [5.41, 5.74) is 0. The third-order valence-electron chi connectivity index (χ3n) is 2.07. The van der Waals surface area contributed by atoms with Gasteiger partial charge in [0, 0.05) is 0 Å². The number of furan rings is 1. The quantitative estimate of drug-likeness (QED) is 0.629. The van der Waals surface area contributed by atoms with E-state index < -0.39 is 4.92 Å². The van der Waals surface area contributed by atoms with Crippen LogP contribution in [0.25, 0.3) is 0 Å². The van der Waals surface area contributed by atoms with Crippen molar-refractivity contribution in [2.75, 3.05) is 0 Å². The van der Waals surface area contributed by atoms with Gasteiger partial charge in [-0.15, -0.1) is 0 Å². The van der Waals surface area contributed by atoms with Crippen molar-refractivity contribution >= 4 is 5.88 Å². The number of rotatable bonds is 5. The topological polar surface area (TPSA) is 94.3 Å². The van der Waals surface area contributed by atoms with Gasteiger partial charge in [-0.25, -0.2) is 4.98 Å². The highest BCUT2D eigenvalue weighted by Crippen LogP contribution is 2.15. The zero-order valence-corrected chi connectivity index (χ0v) is 9.17. The molecule has 1 N–H and O–H groups in total. The fraction of sp³-hybridized carbons (Fsp3) is 0.300. The smallest absolute Gasteiger partial charge is 0.433 e. The highest BCUT2D eigenvalue weighted by Gasteiger charge is 2.11. The lowest BCUT2D eigenvalue weighted by Crippen LogP contribution is -2.12. The second-order valence-corrected chi connectivity index (χ2v) is 3.47. The van der Waals surface area contributed by atoms with Crippen molar-refractivity contribution in [3.63, 3.8) is 0 Å². The molecule has 0 unspecified atom stereocenters. The molecule has 0 bridgehead atoms. The summed E-state index contributed by atoms with van der Waals surface area (Å²) in [5, 5.41) is 13.4. The second kappa shape index (κ2) is 4.79. The number of nitrogens with one attached hydrogen (secondary N) is 1. The van der Waals surface area contributed by atoms with Gasteiger partial charge in [-0.1, -0.05) is 0 Å². The van der Waals surface area contributed by atoms with Crippen molar-refractivity contribution in [2.24, 2.45) is 0 Å². The summed E-state index contributed by atoms with van der Waals surface area (Å²) < 4.78 is 10.2. The highest BCUT2D eigenvalue weighted by molar-refractivity contribution is 5.17. The molecule has 0 aliphatic rings.